The lowest BCUT2D eigenvalue weighted by molar-refractivity contribution is 0.277. The fourth-order valence-corrected chi connectivity index (χ4v) is 2.32. The zero-order valence-corrected chi connectivity index (χ0v) is 11.6. The third-order valence-corrected chi connectivity index (χ3v) is 3.35. The highest BCUT2D eigenvalue weighted by molar-refractivity contribution is 5.85. The number of halogens is 1. The minimum absolute atomic E-state index is 0. The predicted octanol–water partition coefficient (Wildman–Crippen LogP) is 3.03. The molecule has 1 saturated heterocycles. The predicted molar refractivity (Wildman–Crippen MR) is 79.5 cm³/mol. The van der Waals surface area contributed by atoms with Gasteiger partial charge in [0.25, 0.3) is 0 Å². The number of benzene rings is 1. The SMILES string of the molecule is Cl.c1ccn(-c2ccc(OCC3CCCN3)cc2)c1. The molecule has 0 amide bonds. The van der Waals surface area contributed by atoms with E-state index in [0.29, 0.717) is 6.04 Å². The molecule has 0 aliphatic carbocycles. The molecule has 1 aromatic heterocycles. The summed E-state index contributed by atoms with van der Waals surface area (Å²) < 4.78 is 7.88. The summed E-state index contributed by atoms with van der Waals surface area (Å²) in [5.41, 5.74) is 1.16. The first-order valence-electron chi connectivity index (χ1n) is 6.51. The smallest absolute Gasteiger partial charge is 0.119 e. The molecule has 2 aromatic rings. The molecule has 0 bridgehead atoms. The Labute approximate surface area is 120 Å². The van der Waals surface area contributed by atoms with Gasteiger partial charge in [0.2, 0.25) is 0 Å². The van der Waals surface area contributed by atoms with Crippen LogP contribution in [0.2, 0.25) is 0 Å². The Balaban J connectivity index is 0.00000133. The van der Waals surface area contributed by atoms with Crippen LogP contribution in [0, 0.1) is 0 Å². The summed E-state index contributed by atoms with van der Waals surface area (Å²) >= 11 is 0. The van der Waals surface area contributed by atoms with E-state index in [2.05, 4.69) is 22.0 Å². The van der Waals surface area contributed by atoms with Gasteiger partial charge in [-0.25, -0.2) is 0 Å². The molecule has 0 radical (unpaired) electrons. The largest absolute Gasteiger partial charge is 0.492 e. The van der Waals surface area contributed by atoms with Crippen molar-refractivity contribution in [3.63, 3.8) is 0 Å². The molecule has 1 N–H and O–H groups in total. The van der Waals surface area contributed by atoms with Crippen molar-refractivity contribution >= 4 is 12.4 Å². The fraction of sp³-hybridized carbons (Fsp3) is 0.333. The van der Waals surface area contributed by atoms with Gasteiger partial charge in [-0.05, 0) is 55.8 Å². The molecule has 1 aliphatic rings. The molecule has 3 rings (SSSR count). The van der Waals surface area contributed by atoms with Gasteiger partial charge in [-0.15, -0.1) is 12.4 Å². The Bertz CT molecular complexity index is 475. The van der Waals surface area contributed by atoms with Gasteiger partial charge in [-0.3, -0.25) is 0 Å². The van der Waals surface area contributed by atoms with E-state index in [0.717, 1.165) is 24.6 Å². The molecule has 2 heterocycles. The maximum atomic E-state index is 5.79. The number of aromatic nitrogens is 1. The molecular formula is C15H19ClN2O. The fourth-order valence-electron chi connectivity index (χ4n) is 2.32. The van der Waals surface area contributed by atoms with E-state index in [-0.39, 0.29) is 12.4 Å². The van der Waals surface area contributed by atoms with E-state index < -0.39 is 0 Å². The van der Waals surface area contributed by atoms with Crippen LogP contribution in [-0.4, -0.2) is 23.8 Å². The van der Waals surface area contributed by atoms with Gasteiger partial charge in [-0.1, -0.05) is 0 Å². The Hall–Kier alpha value is -1.45. The van der Waals surface area contributed by atoms with E-state index in [4.69, 9.17) is 4.74 Å². The van der Waals surface area contributed by atoms with Crippen LogP contribution in [0.1, 0.15) is 12.8 Å². The summed E-state index contributed by atoms with van der Waals surface area (Å²) in [6.07, 6.45) is 6.57. The van der Waals surface area contributed by atoms with Gasteiger partial charge in [-0.2, -0.15) is 0 Å². The van der Waals surface area contributed by atoms with E-state index in [1.54, 1.807) is 0 Å². The van der Waals surface area contributed by atoms with E-state index >= 15 is 0 Å². The number of ether oxygens (including phenoxy) is 1. The summed E-state index contributed by atoms with van der Waals surface area (Å²) in [5, 5.41) is 3.43. The first kappa shape index (κ1) is 14.0. The summed E-state index contributed by atoms with van der Waals surface area (Å²) in [6, 6.07) is 12.8. The second-order valence-corrected chi connectivity index (χ2v) is 4.69. The quantitative estimate of drug-likeness (QED) is 0.930. The van der Waals surface area contributed by atoms with Gasteiger partial charge in [0.05, 0.1) is 0 Å². The summed E-state index contributed by atoms with van der Waals surface area (Å²) in [7, 11) is 0. The average molecular weight is 279 g/mol. The summed E-state index contributed by atoms with van der Waals surface area (Å²) in [6.45, 7) is 1.89. The molecule has 1 unspecified atom stereocenters. The molecule has 3 nitrogen and oxygen atoms in total. The molecule has 102 valence electrons. The van der Waals surface area contributed by atoms with Crippen molar-refractivity contribution < 1.29 is 4.74 Å². The summed E-state index contributed by atoms with van der Waals surface area (Å²) in [4.78, 5) is 0. The third kappa shape index (κ3) is 3.52. The minimum atomic E-state index is 0. The van der Waals surface area contributed by atoms with Gasteiger partial charge in [0.1, 0.15) is 12.4 Å². The van der Waals surface area contributed by atoms with E-state index in [9.17, 15) is 0 Å². The van der Waals surface area contributed by atoms with Gasteiger partial charge < -0.3 is 14.6 Å². The Morgan fingerprint density at radius 3 is 2.53 bits per heavy atom. The highest BCUT2D eigenvalue weighted by atomic mass is 35.5. The Morgan fingerprint density at radius 1 is 1.16 bits per heavy atom. The standard InChI is InChI=1S/C15H18N2O.ClH/c1-2-11-17(10-1)14-5-7-15(8-6-14)18-12-13-4-3-9-16-13;/h1-2,5-8,10-11,13,16H,3-4,9,12H2;1H. The van der Waals surface area contributed by atoms with Gasteiger partial charge in [0.15, 0.2) is 0 Å². The van der Waals surface area contributed by atoms with Crippen LogP contribution in [0.25, 0.3) is 5.69 Å². The van der Waals surface area contributed by atoms with E-state index in [1.807, 2.05) is 36.7 Å². The second kappa shape index (κ2) is 6.64. The van der Waals surface area contributed by atoms with Crippen LogP contribution in [0.4, 0.5) is 0 Å². The maximum absolute atomic E-state index is 5.79. The first-order chi connectivity index (χ1) is 8.92. The van der Waals surface area contributed by atoms with Crippen molar-refractivity contribution in [1.82, 2.24) is 9.88 Å². The van der Waals surface area contributed by atoms with Crippen molar-refractivity contribution in [3.05, 3.63) is 48.8 Å². The zero-order valence-electron chi connectivity index (χ0n) is 10.8. The number of rotatable bonds is 4. The van der Waals surface area contributed by atoms with Crippen molar-refractivity contribution in [1.29, 1.82) is 0 Å². The van der Waals surface area contributed by atoms with Crippen LogP contribution >= 0.6 is 12.4 Å². The molecule has 0 saturated carbocycles. The van der Waals surface area contributed by atoms with Crippen LogP contribution < -0.4 is 10.1 Å². The first-order valence-corrected chi connectivity index (χ1v) is 6.51. The zero-order chi connectivity index (χ0) is 12.2. The van der Waals surface area contributed by atoms with Gasteiger partial charge in [0, 0.05) is 24.1 Å². The highest BCUT2D eigenvalue weighted by Crippen LogP contribution is 2.16. The lowest BCUT2D eigenvalue weighted by Crippen LogP contribution is -2.28. The van der Waals surface area contributed by atoms with Crippen molar-refractivity contribution in [3.8, 4) is 11.4 Å². The number of nitrogens with zero attached hydrogens (tertiary/aromatic N) is 1. The Kier molecular flexibility index (Phi) is 4.88. The molecule has 1 fully saturated rings. The van der Waals surface area contributed by atoms with Crippen molar-refractivity contribution in [2.24, 2.45) is 0 Å². The number of nitrogens with one attached hydrogen (secondary N) is 1. The van der Waals surface area contributed by atoms with Crippen LogP contribution in [0.3, 0.4) is 0 Å². The van der Waals surface area contributed by atoms with Gasteiger partial charge >= 0.3 is 0 Å². The molecule has 19 heavy (non-hydrogen) atoms. The normalized spacial score (nSPS) is 18.0. The number of hydrogen-bond donors (Lipinski definition) is 1. The molecule has 0 spiro atoms. The van der Waals surface area contributed by atoms with Crippen molar-refractivity contribution in [2.45, 2.75) is 18.9 Å². The number of hydrogen-bond acceptors (Lipinski definition) is 2. The highest BCUT2D eigenvalue weighted by Gasteiger charge is 2.14. The Morgan fingerprint density at radius 2 is 1.89 bits per heavy atom. The third-order valence-electron chi connectivity index (χ3n) is 3.35. The topological polar surface area (TPSA) is 26.2 Å². The molecule has 1 atom stereocenters. The van der Waals surface area contributed by atoms with Crippen LogP contribution in [0.5, 0.6) is 5.75 Å². The van der Waals surface area contributed by atoms with Crippen molar-refractivity contribution in [2.75, 3.05) is 13.2 Å². The second-order valence-electron chi connectivity index (χ2n) is 4.69. The molecule has 1 aliphatic heterocycles. The molecular weight excluding hydrogens is 260 g/mol. The lowest BCUT2D eigenvalue weighted by Gasteiger charge is -2.12. The molecule has 1 aromatic carbocycles. The minimum Gasteiger partial charge on any atom is -0.492 e. The summed E-state index contributed by atoms with van der Waals surface area (Å²) in [5.74, 6) is 0.944. The van der Waals surface area contributed by atoms with E-state index in [1.165, 1.54) is 12.8 Å². The van der Waals surface area contributed by atoms with Crippen LogP contribution in [0.15, 0.2) is 48.8 Å². The monoisotopic (exact) mass is 278 g/mol. The molecule has 4 heteroatoms. The maximum Gasteiger partial charge on any atom is 0.119 e. The van der Waals surface area contributed by atoms with Crippen LogP contribution in [-0.2, 0) is 0 Å². The lowest BCUT2D eigenvalue weighted by atomic mass is 10.2. The average Bonchev–Trinajstić information content (AvgIpc) is 3.10.